The Morgan fingerprint density at radius 3 is 2.54 bits per heavy atom. The summed E-state index contributed by atoms with van der Waals surface area (Å²) in [6.45, 7) is 5.82. The average Bonchev–Trinajstić information content (AvgIpc) is 2.61. The molecule has 1 aliphatic rings. The molecule has 0 saturated heterocycles. The molecule has 3 amide bonds. The molecule has 7 heteroatoms. The predicted octanol–water partition coefficient (Wildman–Crippen LogP) is 5.38. The van der Waals surface area contributed by atoms with Crippen molar-refractivity contribution < 1.29 is 9.59 Å². The number of carbonyl (C=O) groups excluding carboxylic acids is 2. The Morgan fingerprint density at radius 2 is 1.86 bits per heavy atom. The van der Waals surface area contributed by atoms with E-state index in [4.69, 9.17) is 23.2 Å². The summed E-state index contributed by atoms with van der Waals surface area (Å²) in [7, 11) is 0. The lowest BCUT2D eigenvalue weighted by atomic mass is 9.94. The van der Waals surface area contributed by atoms with Crippen LogP contribution in [0.1, 0.15) is 43.9 Å². The Balaban J connectivity index is 2.00. The smallest absolute Gasteiger partial charge is 0.319 e. The third kappa shape index (κ3) is 4.16. The van der Waals surface area contributed by atoms with Crippen molar-refractivity contribution in [3.8, 4) is 0 Å². The molecule has 0 unspecified atom stereocenters. The molecule has 0 aliphatic carbocycles. The quantitative estimate of drug-likeness (QED) is 0.624. The van der Waals surface area contributed by atoms with Crippen LogP contribution in [0.3, 0.4) is 0 Å². The first-order valence-electron chi connectivity index (χ1n) is 8.91. The highest BCUT2D eigenvalue weighted by atomic mass is 35.5. The van der Waals surface area contributed by atoms with Gasteiger partial charge in [0, 0.05) is 21.4 Å². The van der Waals surface area contributed by atoms with Gasteiger partial charge in [0.25, 0.3) is 5.91 Å². The lowest BCUT2D eigenvalue weighted by Gasteiger charge is -2.29. The fourth-order valence-electron chi connectivity index (χ4n) is 3.27. The molecule has 2 aromatic carbocycles. The molecular weight excluding hydrogens is 397 g/mol. The molecule has 1 heterocycles. The molecule has 2 aromatic rings. The van der Waals surface area contributed by atoms with Crippen LogP contribution in [0.4, 0.5) is 10.5 Å². The Bertz CT molecular complexity index is 970. The topological polar surface area (TPSA) is 70.2 Å². The fraction of sp³-hybridized carbons (Fsp3) is 0.238. The average molecular weight is 418 g/mol. The minimum atomic E-state index is -0.690. The van der Waals surface area contributed by atoms with Gasteiger partial charge in [-0.25, -0.2) is 4.79 Å². The number of halogens is 2. The zero-order valence-electron chi connectivity index (χ0n) is 15.8. The van der Waals surface area contributed by atoms with Crippen LogP contribution >= 0.6 is 23.2 Å². The van der Waals surface area contributed by atoms with Crippen molar-refractivity contribution in [3.63, 3.8) is 0 Å². The summed E-state index contributed by atoms with van der Waals surface area (Å²) >= 11 is 12.3. The maximum atomic E-state index is 13.2. The summed E-state index contributed by atoms with van der Waals surface area (Å²) in [5.74, 6) is -0.0635. The third-order valence-electron chi connectivity index (χ3n) is 4.62. The van der Waals surface area contributed by atoms with Gasteiger partial charge >= 0.3 is 6.03 Å². The zero-order valence-corrected chi connectivity index (χ0v) is 17.3. The minimum absolute atomic E-state index is 0.247. The van der Waals surface area contributed by atoms with Crippen molar-refractivity contribution in [2.45, 2.75) is 32.7 Å². The number of anilines is 1. The van der Waals surface area contributed by atoms with Gasteiger partial charge in [0.05, 0.1) is 11.6 Å². The fourth-order valence-corrected chi connectivity index (χ4v) is 3.79. The van der Waals surface area contributed by atoms with E-state index in [-0.39, 0.29) is 11.8 Å². The van der Waals surface area contributed by atoms with E-state index in [2.05, 4.69) is 29.8 Å². The van der Waals surface area contributed by atoms with E-state index in [1.54, 1.807) is 25.1 Å². The molecule has 3 N–H and O–H groups in total. The van der Waals surface area contributed by atoms with E-state index in [1.807, 2.05) is 24.3 Å². The first kappa shape index (κ1) is 20.2. The first-order valence-corrected chi connectivity index (χ1v) is 9.67. The number of rotatable bonds is 4. The van der Waals surface area contributed by atoms with Crippen LogP contribution in [0.25, 0.3) is 0 Å². The van der Waals surface area contributed by atoms with Crippen molar-refractivity contribution in [2.24, 2.45) is 0 Å². The van der Waals surface area contributed by atoms with Gasteiger partial charge in [0.2, 0.25) is 0 Å². The van der Waals surface area contributed by atoms with Crippen molar-refractivity contribution >= 4 is 40.8 Å². The summed E-state index contributed by atoms with van der Waals surface area (Å²) in [5, 5.41) is 9.28. The number of nitrogens with one attached hydrogen (secondary N) is 3. The monoisotopic (exact) mass is 417 g/mol. The van der Waals surface area contributed by atoms with Crippen LogP contribution < -0.4 is 16.0 Å². The first-order chi connectivity index (χ1) is 13.3. The molecule has 1 aliphatic heterocycles. The summed E-state index contributed by atoms with van der Waals surface area (Å²) in [6.07, 6.45) is 0. The molecule has 3 rings (SSSR count). The maximum absolute atomic E-state index is 13.2. The molecule has 1 atom stereocenters. The lowest BCUT2D eigenvalue weighted by molar-refractivity contribution is -0.113. The highest BCUT2D eigenvalue weighted by Crippen LogP contribution is 2.34. The van der Waals surface area contributed by atoms with Gasteiger partial charge < -0.3 is 16.0 Å². The molecule has 28 heavy (non-hydrogen) atoms. The molecule has 0 saturated carbocycles. The lowest BCUT2D eigenvalue weighted by Crippen LogP contribution is -2.46. The number of para-hydroxylation sites is 1. The maximum Gasteiger partial charge on any atom is 0.319 e. The van der Waals surface area contributed by atoms with Crippen LogP contribution in [0.15, 0.2) is 53.7 Å². The molecular formula is C21H21Cl2N3O2. The number of allylic oxidation sites excluding steroid dienone is 1. The molecule has 0 fully saturated rings. The molecule has 0 radical (unpaired) electrons. The van der Waals surface area contributed by atoms with E-state index in [9.17, 15) is 9.59 Å². The van der Waals surface area contributed by atoms with Gasteiger partial charge in [-0.3, -0.25) is 4.79 Å². The van der Waals surface area contributed by atoms with E-state index >= 15 is 0 Å². The van der Waals surface area contributed by atoms with Crippen molar-refractivity contribution in [3.05, 3.63) is 74.9 Å². The summed E-state index contributed by atoms with van der Waals surface area (Å²) in [6, 6.07) is 11.5. The molecule has 0 aromatic heterocycles. The van der Waals surface area contributed by atoms with Crippen molar-refractivity contribution in [2.75, 3.05) is 5.32 Å². The van der Waals surface area contributed by atoms with Gasteiger partial charge in [-0.05, 0) is 42.2 Å². The zero-order chi connectivity index (χ0) is 20.4. The number of amides is 3. The second kappa shape index (κ2) is 8.25. The van der Waals surface area contributed by atoms with Gasteiger partial charge in [0.15, 0.2) is 0 Å². The van der Waals surface area contributed by atoms with Gasteiger partial charge in [0.1, 0.15) is 0 Å². The second-order valence-corrected chi connectivity index (χ2v) is 7.78. The van der Waals surface area contributed by atoms with Crippen LogP contribution in [-0.4, -0.2) is 11.9 Å². The predicted molar refractivity (Wildman–Crippen MR) is 113 cm³/mol. The third-order valence-corrected chi connectivity index (χ3v) is 5.18. The Hall–Kier alpha value is -2.50. The second-order valence-electron chi connectivity index (χ2n) is 6.93. The highest BCUT2D eigenvalue weighted by Gasteiger charge is 2.32. The molecule has 146 valence electrons. The Kier molecular flexibility index (Phi) is 5.96. The number of carbonyl (C=O) groups is 2. The molecule has 5 nitrogen and oxygen atoms in total. The van der Waals surface area contributed by atoms with Crippen LogP contribution in [0.2, 0.25) is 10.0 Å². The van der Waals surface area contributed by atoms with Crippen LogP contribution in [-0.2, 0) is 4.79 Å². The number of hydrogen-bond acceptors (Lipinski definition) is 2. The summed E-state index contributed by atoms with van der Waals surface area (Å²) < 4.78 is 0. The van der Waals surface area contributed by atoms with E-state index in [0.717, 1.165) is 11.3 Å². The molecule has 0 bridgehead atoms. The van der Waals surface area contributed by atoms with Gasteiger partial charge in [-0.2, -0.15) is 0 Å². The highest BCUT2D eigenvalue weighted by molar-refractivity contribution is 6.35. The van der Waals surface area contributed by atoms with E-state index < -0.39 is 12.1 Å². The normalized spacial score (nSPS) is 16.6. The van der Waals surface area contributed by atoms with Crippen LogP contribution in [0.5, 0.6) is 0 Å². The van der Waals surface area contributed by atoms with Crippen molar-refractivity contribution in [1.82, 2.24) is 10.6 Å². The largest absolute Gasteiger partial charge is 0.327 e. The van der Waals surface area contributed by atoms with Crippen LogP contribution in [0, 0.1) is 0 Å². The SMILES string of the molecule is CC1=C(C(=O)Nc2ccccc2C(C)C)[C@H](c2ccc(Cl)cc2Cl)NC(=O)N1. The number of benzene rings is 2. The Labute approximate surface area is 174 Å². The van der Waals surface area contributed by atoms with Gasteiger partial charge in [-0.1, -0.05) is 61.3 Å². The standard InChI is InChI=1S/C21H21Cl2N3O2/c1-11(2)14-6-4-5-7-17(14)25-20(27)18-12(3)24-21(28)26-19(18)15-9-8-13(22)10-16(15)23/h4-11,19H,1-3H3,(H,25,27)(H2,24,26,28)/t19-/m0/s1. The summed E-state index contributed by atoms with van der Waals surface area (Å²) in [4.78, 5) is 25.2. The summed E-state index contributed by atoms with van der Waals surface area (Å²) in [5.41, 5.74) is 3.23. The van der Waals surface area contributed by atoms with Gasteiger partial charge in [-0.15, -0.1) is 0 Å². The van der Waals surface area contributed by atoms with E-state index in [0.29, 0.717) is 26.9 Å². The molecule has 0 spiro atoms. The van der Waals surface area contributed by atoms with Crippen molar-refractivity contribution in [1.29, 1.82) is 0 Å². The number of hydrogen-bond donors (Lipinski definition) is 3. The number of urea groups is 1. The Morgan fingerprint density at radius 1 is 1.14 bits per heavy atom. The minimum Gasteiger partial charge on any atom is -0.327 e. The van der Waals surface area contributed by atoms with E-state index in [1.165, 1.54) is 0 Å².